The summed E-state index contributed by atoms with van der Waals surface area (Å²) >= 11 is 7.57. The van der Waals surface area contributed by atoms with E-state index < -0.39 is 0 Å². The number of carbonyl (C=O) groups is 2. The first-order chi connectivity index (χ1) is 13.6. The fourth-order valence-corrected chi connectivity index (χ4v) is 4.23. The summed E-state index contributed by atoms with van der Waals surface area (Å²) in [5, 5.41) is 3.94. The Hall–Kier alpha value is -2.71. The summed E-state index contributed by atoms with van der Waals surface area (Å²) in [5.74, 6) is -0.453. The van der Waals surface area contributed by atoms with Crippen molar-refractivity contribution in [2.24, 2.45) is 0 Å². The largest absolute Gasteiger partial charge is 0.344 e. The van der Waals surface area contributed by atoms with Crippen LogP contribution in [0.25, 0.3) is 10.3 Å². The molecule has 0 spiro atoms. The number of amides is 2. The SMILES string of the molecule is O=C(NCC(=O)N1CCN(c2nc3cccnc3s2)CC1)c1ccccc1Cl. The molecule has 9 heteroatoms. The molecule has 1 fully saturated rings. The van der Waals surface area contributed by atoms with Crippen LogP contribution in [0.5, 0.6) is 0 Å². The number of halogens is 1. The van der Waals surface area contributed by atoms with Gasteiger partial charge in [0.05, 0.1) is 17.1 Å². The molecule has 2 aromatic heterocycles. The van der Waals surface area contributed by atoms with Gasteiger partial charge in [-0.2, -0.15) is 0 Å². The van der Waals surface area contributed by atoms with Crippen LogP contribution in [-0.4, -0.2) is 59.4 Å². The summed E-state index contributed by atoms with van der Waals surface area (Å²) < 4.78 is 0. The van der Waals surface area contributed by atoms with Crippen LogP contribution in [0.1, 0.15) is 10.4 Å². The number of anilines is 1. The number of nitrogens with zero attached hydrogens (tertiary/aromatic N) is 4. The van der Waals surface area contributed by atoms with Crippen molar-refractivity contribution in [2.45, 2.75) is 0 Å². The summed E-state index contributed by atoms with van der Waals surface area (Å²) in [7, 11) is 0. The van der Waals surface area contributed by atoms with E-state index in [1.54, 1.807) is 46.7 Å². The Labute approximate surface area is 170 Å². The Bertz CT molecular complexity index is 983. The van der Waals surface area contributed by atoms with Gasteiger partial charge in [0, 0.05) is 32.4 Å². The van der Waals surface area contributed by atoms with Crippen molar-refractivity contribution >= 4 is 50.2 Å². The van der Waals surface area contributed by atoms with Crippen LogP contribution >= 0.6 is 22.9 Å². The molecule has 0 bridgehead atoms. The molecule has 2 amide bonds. The van der Waals surface area contributed by atoms with Crippen molar-refractivity contribution in [2.75, 3.05) is 37.6 Å². The lowest BCUT2D eigenvalue weighted by Crippen LogP contribution is -2.51. The van der Waals surface area contributed by atoms with Crippen molar-refractivity contribution in [1.82, 2.24) is 20.2 Å². The smallest absolute Gasteiger partial charge is 0.253 e. The molecule has 0 aliphatic carbocycles. The number of fused-ring (bicyclic) bond motifs is 1. The Morgan fingerprint density at radius 2 is 1.89 bits per heavy atom. The standard InChI is InChI=1S/C19H18ClN5O2S/c20-14-5-2-1-4-13(14)17(27)22-12-16(26)24-8-10-25(11-9-24)19-23-15-6-3-7-21-18(15)28-19/h1-7H,8-12H2,(H,22,27). The number of hydrogen-bond acceptors (Lipinski definition) is 6. The van der Waals surface area contributed by atoms with Gasteiger partial charge in [-0.25, -0.2) is 9.97 Å². The van der Waals surface area contributed by atoms with E-state index in [-0.39, 0.29) is 18.4 Å². The van der Waals surface area contributed by atoms with E-state index in [2.05, 4.69) is 20.2 Å². The highest BCUT2D eigenvalue weighted by Gasteiger charge is 2.23. The summed E-state index contributed by atoms with van der Waals surface area (Å²) in [6, 6.07) is 10.6. The molecule has 3 heterocycles. The van der Waals surface area contributed by atoms with Gasteiger partial charge in [-0.3, -0.25) is 9.59 Å². The maximum absolute atomic E-state index is 12.4. The molecular formula is C19H18ClN5O2S. The molecule has 0 radical (unpaired) electrons. The highest BCUT2D eigenvalue weighted by Crippen LogP contribution is 2.27. The van der Waals surface area contributed by atoms with Gasteiger partial charge in [0.1, 0.15) is 10.3 Å². The Balaban J connectivity index is 1.30. The Morgan fingerprint density at radius 1 is 1.11 bits per heavy atom. The normalized spacial score (nSPS) is 14.3. The van der Waals surface area contributed by atoms with Gasteiger partial charge in [-0.15, -0.1) is 0 Å². The lowest BCUT2D eigenvalue weighted by atomic mass is 10.2. The molecule has 1 aliphatic rings. The highest BCUT2D eigenvalue weighted by atomic mass is 35.5. The monoisotopic (exact) mass is 415 g/mol. The third-order valence-electron chi connectivity index (χ3n) is 4.58. The van der Waals surface area contributed by atoms with Crippen LogP contribution < -0.4 is 10.2 Å². The fraction of sp³-hybridized carbons (Fsp3) is 0.263. The first-order valence-corrected chi connectivity index (χ1v) is 10.1. The van der Waals surface area contributed by atoms with Crippen LogP contribution in [0, 0.1) is 0 Å². The number of piperazine rings is 1. The first kappa shape index (κ1) is 18.6. The predicted octanol–water partition coefficient (Wildman–Crippen LogP) is 2.42. The minimum Gasteiger partial charge on any atom is -0.344 e. The molecular weight excluding hydrogens is 398 g/mol. The zero-order valence-electron chi connectivity index (χ0n) is 15.0. The third kappa shape index (κ3) is 3.93. The highest BCUT2D eigenvalue weighted by molar-refractivity contribution is 7.21. The molecule has 0 saturated carbocycles. The zero-order chi connectivity index (χ0) is 19.5. The second kappa shape index (κ2) is 8.12. The van der Waals surface area contributed by atoms with E-state index in [0.29, 0.717) is 36.8 Å². The maximum atomic E-state index is 12.4. The number of benzene rings is 1. The minimum atomic E-state index is -0.348. The van der Waals surface area contributed by atoms with Crippen molar-refractivity contribution in [3.63, 3.8) is 0 Å². The molecule has 1 aliphatic heterocycles. The second-order valence-electron chi connectivity index (χ2n) is 6.35. The van der Waals surface area contributed by atoms with Gasteiger partial charge in [-0.05, 0) is 24.3 Å². The Morgan fingerprint density at radius 3 is 2.64 bits per heavy atom. The van der Waals surface area contributed by atoms with Gasteiger partial charge in [0.15, 0.2) is 5.13 Å². The van der Waals surface area contributed by atoms with Crippen LogP contribution in [-0.2, 0) is 4.79 Å². The summed E-state index contributed by atoms with van der Waals surface area (Å²) in [5.41, 5.74) is 1.26. The maximum Gasteiger partial charge on any atom is 0.253 e. The summed E-state index contributed by atoms with van der Waals surface area (Å²) in [6.07, 6.45) is 1.76. The van der Waals surface area contributed by atoms with Gasteiger partial charge in [0.25, 0.3) is 5.91 Å². The lowest BCUT2D eigenvalue weighted by molar-refractivity contribution is -0.130. The molecule has 28 heavy (non-hydrogen) atoms. The number of carbonyl (C=O) groups excluding carboxylic acids is 2. The molecule has 0 atom stereocenters. The van der Waals surface area contributed by atoms with E-state index in [1.807, 2.05) is 12.1 Å². The van der Waals surface area contributed by atoms with E-state index >= 15 is 0 Å². The lowest BCUT2D eigenvalue weighted by Gasteiger charge is -2.34. The van der Waals surface area contributed by atoms with E-state index in [4.69, 9.17) is 11.6 Å². The van der Waals surface area contributed by atoms with Crippen LogP contribution in [0.3, 0.4) is 0 Å². The Kier molecular flexibility index (Phi) is 5.40. The number of pyridine rings is 1. The van der Waals surface area contributed by atoms with Crippen LogP contribution in [0.15, 0.2) is 42.6 Å². The summed E-state index contributed by atoms with van der Waals surface area (Å²) in [4.78, 5) is 38.4. The molecule has 7 nitrogen and oxygen atoms in total. The summed E-state index contributed by atoms with van der Waals surface area (Å²) in [6.45, 7) is 2.53. The number of hydrogen-bond donors (Lipinski definition) is 1. The van der Waals surface area contributed by atoms with Crippen LogP contribution in [0.2, 0.25) is 5.02 Å². The van der Waals surface area contributed by atoms with Crippen molar-refractivity contribution < 1.29 is 9.59 Å². The zero-order valence-corrected chi connectivity index (χ0v) is 16.5. The van der Waals surface area contributed by atoms with Gasteiger partial charge in [0.2, 0.25) is 5.91 Å². The fourth-order valence-electron chi connectivity index (χ4n) is 3.05. The molecule has 1 saturated heterocycles. The number of aromatic nitrogens is 2. The van der Waals surface area contributed by atoms with Crippen LogP contribution in [0.4, 0.5) is 5.13 Å². The quantitative estimate of drug-likeness (QED) is 0.708. The molecule has 1 aromatic carbocycles. The van der Waals surface area contributed by atoms with Crippen molar-refractivity contribution in [1.29, 1.82) is 0 Å². The second-order valence-corrected chi connectivity index (χ2v) is 7.72. The van der Waals surface area contributed by atoms with Crippen molar-refractivity contribution in [3.05, 3.63) is 53.2 Å². The van der Waals surface area contributed by atoms with E-state index in [9.17, 15) is 9.59 Å². The topological polar surface area (TPSA) is 78.4 Å². The first-order valence-electron chi connectivity index (χ1n) is 8.89. The molecule has 0 unspecified atom stereocenters. The van der Waals surface area contributed by atoms with Crippen molar-refractivity contribution in [3.8, 4) is 0 Å². The number of rotatable bonds is 4. The predicted molar refractivity (Wildman–Crippen MR) is 110 cm³/mol. The molecule has 1 N–H and O–H groups in total. The average molecular weight is 416 g/mol. The van der Waals surface area contributed by atoms with Gasteiger partial charge >= 0.3 is 0 Å². The van der Waals surface area contributed by atoms with E-state index in [0.717, 1.165) is 15.5 Å². The number of thiazole rings is 1. The number of nitrogens with one attached hydrogen (secondary N) is 1. The third-order valence-corrected chi connectivity index (χ3v) is 5.95. The van der Waals surface area contributed by atoms with Gasteiger partial charge < -0.3 is 15.1 Å². The molecule has 3 aromatic rings. The van der Waals surface area contributed by atoms with Gasteiger partial charge in [-0.1, -0.05) is 35.1 Å². The molecule has 144 valence electrons. The minimum absolute atomic E-state index is 0.0465. The average Bonchev–Trinajstić information content (AvgIpc) is 3.16. The molecule has 4 rings (SSSR count). The van der Waals surface area contributed by atoms with E-state index in [1.165, 1.54) is 0 Å².